The van der Waals surface area contributed by atoms with E-state index < -0.39 is 4.92 Å². The first-order valence-corrected chi connectivity index (χ1v) is 5.73. The van der Waals surface area contributed by atoms with Gasteiger partial charge >= 0.3 is 5.69 Å². The van der Waals surface area contributed by atoms with E-state index >= 15 is 0 Å². The molecule has 0 amide bonds. The van der Waals surface area contributed by atoms with Gasteiger partial charge in [0, 0.05) is 18.9 Å². The molecule has 0 aliphatic rings. The molecule has 0 atom stereocenters. The number of hydrogen-bond donors (Lipinski definition) is 3. The highest BCUT2D eigenvalue weighted by molar-refractivity contribution is 5.68. The summed E-state index contributed by atoms with van der Waals surface area (Å²) in [5, 5.41) is 14.0. The number of nitrogens with one attached hydrogen (secondary N) is 2. The molecule has 0 spiro atoms. The molecule has 0 fully saturated rings. The lowest BCUT2D eigenvalue weighted by Crippen LogP contribution is -2.14. The van der Waals surface area contributed by atoms with Gasteiger partial charge < -0.3 is 10.7 Å². The molecule has 0 aliphatic carbocycles. The number of nitrogen functional groups attached to an aromatic ring is 1. The summed E-state index contributed by atoms with van der Waals surface area (Å²) >= 11 is 0. The van der Waals surface area contributed by atoms with E-state index in [0.29, 0.717) is 6.54 Å². The van der Waals surface area contributed by atoms with Crippen molar-refractivity contribution in [3.63, 3.8) is 0 Å². The maximum Gasteiger partial charge on any atom is 0.354 e. The molecule has 0 saturated heterocycles. The summed E-state index contributed by atoms with van der Waals surface area (Å²) in [5.41, 5.74) is 3.84. The van der Waals surface area contributed by atoms with Crippen molar-refractivity contribution in [1.29, 1.82) is 0 Å². The highest BCUT2D eigenvalue weighted by Gasteiger charge is 2.22. The van der Waals surface area contributed by atoms with E-state index in [2.05, 4.69) is 25.7 Å². The summed E-state index contributed by atoms with van der Waals surface area (Å²) in [7, 11) is 0. The van der Waals surface area contributed by atoms with Gasteiger partial charge in [-0.3, -0.25) is 15.1 Å². The van der Waals surface area contributed by atoms with Crippen LogP contribution >= 0.6 is 0 Å². The molecule has 0 aromatic carbocycles. The van der Waals surface area contributed by atoms with Crippen molar-refractivity contribution >= 4 is 17.3 Å². The maximum atomic E-state index is 11.1. The van der Waals surface area contributed by atoms with Gasteiger partial charge in [0.25, 0.3) is 0 Å². The lowest BCUT2D eigenvalue weighted by molar-refractivity contribution is -0.383. The van der Waals surface area contributed by atoms with Crippen molar-refractivity contribution < 1.29 is 4.92 Å². The lowest BCUT2D eigenvalue weighted by atomic mass is 10.1. The molecule has 0 unspecified atom stereocenters. The molecule has 4 N–H and O–H groups in total. The summed E-state index contributed by atoms with van der Waals surface area (Å²) in [4.78, 5) is 22.1. The number of pyridine rings is 1. The Morgan fingerprint density at radius 3 is 2.80 bits per heavy atom. The number of rotatable bonds is 5. The van der Waals surface area contributed by atoms with Crippen LogP contribution in [0.4, 0.5) is 17.3 Å². The number of aryl methyl sites for hydroxylation is 1. The number of nitrogens with zero attached hydrogens (tertiary/aromatic N) is 4. The van der Waals surface area contributed by atoms with Crippen LogP contribution in [-0.4, -0.2) is 19.9 Å². The van der Waals surface area contributed by atoms with Crippen LogP contribution in [0.15, 0.2) is 24.8 Å². The van der Waals surface area contributed by atoms with Crippen molar-refractivity contribution in [2.24, 2.45) is 5.84 Å². The third-order valence-corrected chi connectivity index (χ3v) is 2.74. The van der Waals surface area contributed by atoms with Crippen LogP contribution in [0.2, 0.25) is 0 Å². The normalized spacial score (nSPS) is 10.1. The molecule has 9 heteroatoms. The van der Waals surface area contributed by atoms with Crippen LogP contribution in [0, 0.1) is 17.0 Å². The van der Waals surface area contributed by atoms with Crippen LogP contribution in [0.5, 0.6) is 0 Å². The summed E-state index contributed by atoms with van der Waals surface area (Å²) < 4.78 is 0. The van der Waals surface area contributed by atoms with E-state index in [1.807, 2.05) is 13.0 Å². The largest absolute Gasteiger partial charge is 0.360 e. The Labute approximate surface area is 114 Å². The molecule has 2 heterocycles. The van der Waals surface area contributed by atoms with Gasteiger partial charge in [0.05, 0.1) is 4.92 Å². The van der Waals surface area contributed by atoms with Crippen LogP contribution < -0.4 is 16.6 Å². The lowest BCUT2D eigenvalue weighted by Gasteiger charge is -2.09. The quantitative estimate of drug-likeness (QED) is 0.418. The Kier molecular flexibility index (Phi) is 4.01. The minimum atomic E-state index is -0.590. The highest BCUT2D eigenvalue weighted by Crippen LogP contribution is 2.28. The van der Waals surface area contributed by atoms with Gasteiger partial charge in [-0.05, 0) is 24.1 Å². The van der Waals surface area contributed by atoms with Crippen molar-refractivity contribution in [2.45, 2.75) is 13.5 Å². The molecular weight excluding hydrogens is 262 g/mol. The van der Waals surface area contributed by atoms with Crippen LogP contribution in [0.1, 0.15) is 11.1 Å². The van der Waals surface area contributed by atoms with Gasteiger partial charge in [-0.15, -0.1) is 0 Å². The minimum Gasteiger partial charge on any atom is -0.360 e. The summed E-state index contributed by atoms with van der Waals surface area (Å²) in [6, 6.07) is 1.86. The molecule has 0 radical (unpaired) electrons. The van der Waals surface area contributed by atoms with E-state index in [4.69, 9.17) is 5.84 Å². The molecule has 0 bridgehead atoms. The summed E-state index contributed by atoms with van der Waals surface area (Å²) in [6.07, 6.45) is 4.57. The number of hydrazine groups is 1. The van der Waals surface area contributed by atoms with Crippen LogP contribution in [-0.2, 0) is 6.54 Å². The number of anilines is 2. The Balaban J connectivity index is 2.26. The fraction of sp³-hybridized carbons (Fsp3) is 0.182. The second kappa shape index (κ2) is 5.89. The number of hydrogen-bond acceptors (Lipinski definition) is 8. The maximum absolute atomic E-state index is 11.1. The Morgan fingerprint density at radius 1 is 1.40 bits per heavy atom. The van der Waals surface area contributed by atoms with Crippen molar-refractivity contribution in [1.82, 2.24) is 15.0 Å². The highest BCUT2D eigenvalue weighted by atomic mass is 16.6. The molecule has 0 aliphatic heterocycles. The molecule has 9 nitrogen and oxygen atoms in total. The zero-order valence-electron chi connectivity index (χ0n) is 10.7. The van der Waals surface area contributed by atoms with Crippen LogP contribution in [0.25, 0.3) is 0 Å². The Morgan fingerprint density at radius 2 is 2.15 bits per heavy atom. The zero-order valence-corrected chi connectivity index (χ0v) is 10.7. The third kappa shape index (κ3) is 2.78. The average molecular weight is 275 g/mol. The predicted octanol–water partition coefficient (Wildman–Crippen LogP) is 0.986. The van der Waals surface area contributed by atoms with E-state index in [1.165, 1.54) is 6.33 Å². The van der Waals surface area contributed by atoms with Crippen molar-refractivity contribution in [3.8, 4) is 0 Å². The van der Waals surface area contributed by atoms with Gasteiger partial charge in [-0.2, -0.15) is 0 Å². The topological polar surface area (TPSA) is 132 Å². The summed E-state index contributed by atoms with van der Waals surface area (Å²) in [5.74, 6) is 5.26. The van der Waals surface area contributed by atoms with E-state index in [1.54, 1.807) is 12.4 Å². The first-order chi connectivity index (χ1) is 9.63. The van der Waals surface area contributed by atoms with Gasteiger partial charge in [-0.25, -0.2) is 15.8 Å². The number of nitro groups is 1. The number of aromatic nitrogens is 3. The molecule has 20 heavy (non-hydrogen) atoms. The fourth-order valence-corrected chi connectivity index (χ4v) is 1.65. The monoisotopic (exact) mass is 275 g/mol. The first-order valence-electron chi connectivity index (χ1n) is 5.73. The number of nitrogens with two attached hydrogens (primary N) is 1. The van der Waals surface area contributed by atoms with Crippen LogP contribution in [0.3, 0.4) is 0 Å². The van der Waals surface area contributed by atoms with E-state index in [0.717, 1.165) is 11.1 Å². The van der Waals surface area contributed by atoms with E-state index in [-0.39, 0.29) is 17.3 Å². The van der Waals surface area contributed by atoms with Gasteiger partial charge in [0.15, 0.2) is 0 Å². The Hall–Kier alpha value is -2.81. The molecule has 2 aromatic heterocycles. The smallest absolute Gasteiger partial charge is 0.354 e. The molecule has 0 saturated carbocycles. The van der Waals surface area contributed by atoms with Crippen molar-refractivity contribution in [2.75, 3.05) is 10.7 Å². The zero-order chi connectivity index (χ0) is 14.5. The van der Waals surface area contributed by atoms with E-state index in [9.17, 15) is 10.1 Å². The average Bonchev–Trinajstić information content (AvgIpc) is 2.45. The minimum absolute atomic E-state index is 0.0459. The van der Waals surface area contributed by atoms with Gasteiger partial charge in [-0.1, -0.05) is 0 Å². The standard InChI is InChI=1S/C11H13N7O2/c1-7-2-3-13-4-8(7)5-14-10-9(18(19)20)11(17-12)16-6-15-10/h2-4,6H,5,12H2,1H3,(H2,14,15,16,17). The molecule has 2 aromatic rings. The molecular formula is C11H13N7O2. The third-order valence-electron chi connectivity index (χ3n) is 2.74. The molecule has 2 rings (SSSR count). The second-order valence-corrected chi connectivity index (χ2v) is 3.98. The summed E-state index contributed by atoms with van der Waals surface area (Å²) in [6.45, 7) is 2.29. The first kappa shape index (κ1) is 13.6. The van der Waals surface area contributed by atoms with Crippen molar-refractivity contribution in [3.05, 3.63) is 46.0 Å². The molecule has 104 valence electrons. The Bertz CT molecular complexity index is 632. The fourth-order valence-electron chi connectivity index (χ4n) is 1.65. The predicted molar refractivity (Wildman–Crippen MR) is 72.8 cm³/mol. The SMILES string of the molecule is Cc1ccncc1CNc1ncnc(NN)c1[N+](=O)[O-]. The van der Waals surface area contributed by atoms with Gasteiger partial charge in [0.1, 0.15) is 6.33 Å². The second-order valence-electron chi connectivity index (χ2n) is 3.98. The van der Waals surface area contributed by atoms with Gasteiger partial charge in [0.2, 0.25) is 11.6 Å².